The molecule has 2 aromatic rings. The maximum atomic E-state index is 12.6. The molecule has 0 aliphatic carbocycles. The van der Waals surface area contributed by atoms with Gasteiger partial charge in [0.2, 0.25) is 5.91 Å². The Balaban J connectivity index is 1.79. The summed E-state index contributed by atoms with van der Waals surface area (Å²) in [7, 11) is -1.92. The Bertz CT molecular complexity index is 1220. The van der Waals surface area contributed by atoms with E-state index in [1.807, 2.05) is 0 Å². The number of β-lactam (4-membered cyclic amide) rings is 1. The summed E-state index contributed by atoms with van der Waals surface area (Å²) < 4.78 is 8.55. The van der Waals surface area contributed by atoms with Gasteiger partial charge in [-0.3, -0.25) is 4.79 Å². The first kappa shape index (κ1) is 33.4. The molecule has 4 nitrogen and oxygen atoms in total. The van der Waals surface area contributed by atoms with Gasteiger partial charge in [-0.25, -0.2) is 0 Å². The monoisotopic (exact) mass is 579 g/mol. The number of benzene rings is 2. The molecule has 1 fully saturated rings. The Kier molecular flexibility index (Phi) is 9.97. The van der Waals surface area contributed by atoms with Crippen LogP contribution in [0.3, 0.4) is 0 Å². The Morgan fingerprint density at radius 2 is 1.51 bits per heavy atom. The van der Waals surface area contributed by atoms with Crippen molar-refractivity contribution in [2.75, 3.05) is 6.61 Å². The molecule has 0 saturated carbocycles. The van der Waals surface area contributed by atoms with Gasteiger partial charge in [-0.15, -0.1) is 0 Å². The number of aliphatic hydroxyl groups is 1. The zero-order valence-corrected chi connectivity index (χ0v) is 29.1. The number of ether oxygens (including phenoxy) is 1. The quantitative estimate of drug-likeness (QED) is 0.214. The van der Waals surface area contributed by atoms with Crippen molar-refractivity contribution in [3.8, 4) is 5.75 Å². The van der Waals surface area contributed by atoms with Crippen LogP contribution < -0.4 is 4.74 Å². The smallest absolute Gasteiger partial charge is 0.217 e. The molecule has 1 heterocycles. The molecule has 1 aliphatic heterocycles. The van der Waals surface area contributed by atoms with Crippen LogP contribution >= 0.6 is 0 Å². The number of hydrogen-bond donors (Lipinski definition) is 1. The van der Waals surface area contributed by atoms with E-state index in [-0.39, 0.29) is 33.9 Å². The van der Waals surface area contributed by atoms with Gasteiger partial charge < -0.3 is 14.4 Å². The van der Waals surface area contributed by atoms with Gasteiger partial charge in [0.05, 0.1) is 12.1 Å². The highest BCUT2D eigenvalue weighted by Crippen LogP contribution is 2.44. The fraction of sp³-hybridized carbons (Fsp3) is 0.639. The zero-order valence-electron chi connectivity index (χ0n) is 28.1. The third kappa shape index (κ3) is 6.77. The Hall–Kier alpha value is -2.11. The van der Waals surface area contributed by atoms with E-state index in [4.69, 9.17) is 4.74 Å². The predicted molar refractivity (Wildman–Crippen MR) is 175 cm³/mol. The summed E-state index contributed by atoms with van der Waals surface area (Å²) in [5, 5.41) is 10.7. The van der Waals surface area contributed by atoms with Gasteiger partial charge in [0.15, 0.2) is 8.24 Å². The minimum atomic E-state index is -1.92. The highest BCUT2D eigenvalue weighted by atomic mass is 28.3. The van der Waals surface area contributed by atoms with Crippen LogP contribution in [0.2, 0.25) is 18.1 Å². The molecule has 1 saturated heterocycles. The summed E-state index contributed by atoms with van der Waals surface area (Å²) in [4.78, 5) is 12.6. The number of carbonyl (C=O) groups excluding carboxylic acids is 1. The van der Waals surface area contributed by atoms with E-state index in [9.17, 15) is 9.90 Å². The first-order valence-corrected chi connectivity index (χ1v) is 18.7. The molecule has 3 rings (SSSR count). The molecule has 1 unspecified atom stereocenters. The first-order chi connectivity index (χ1) is 18.9. The standard InChI is InChI=1S/C36H57NO3Si/c1-13-36(14-2,28-17-15-27(25(3)21-28)16-20-32(38)34(5,6)7)29-18-19-31(26(4)22-29)40-24-30-23-33(39)37(30)41(11,12)35(8,9)10/h15,17-19,21-22,30,32,38H,13-14,16,20,23-24H2,1-12H3/t30-,32?/m0/s1. The number of carbonyl (C=O) groups is 1. The SMILES string of the molecule is CCC(CC)(c1ccc(CCC(O)C(C)(C)C)c(C)c1)c1ccc(OC[C@@H]2CC(=O)N2[Si](C)(C)C(C)(C)C)c(C)c1. The first-order valence-electron chi connectivity index (χ1n) is 15.7. The van der Waals surface area contributed by atoms with Crippen LogP contribution in [0.4, 0.5) is 0 Å². The van der Waals surface area contributed by atoms with Crippen LogP contribution in [0.25, 0.3) is 0 Å². The fourth-order valence-electron chi connectivity index (χ4n) is 6.27. The van der Waals surface area contributed by atoms with E-state index in [0.29, 0.717) is 13.0 Å². The van der Waals surface area contributed by atoms with Gasteiger partial charge in [-0.05, 0) is 83.9 Å². The molecule has 2 aromatic carbocycles. The topological polar surface area (TPSA) is 49.8 Å². The lowest BCUT2D eigenvalue weighted by molar-refractivity contribution is -0.140. The molecule has 1 aliphatic rings. The Labute approximate surface area is 252 Å². The lowest BCUT2D eigenvalue weighted by Crippen LogP contribution is -2.69. The van der Waals surface area contributed by atoms with E-state index in [0.717, 1.165) is 37.0 Å². The van der Waals surface area contributed by atoms with Crippen LogP contribution in [0.15, 0.2) is 36.4 Å². The Morgan fingerprint density at radius 3 is 1.98 bits per heavy atom. The van der Waals surface area contributed by atoms with Crippen molar-refractivity contribution >= 4 is 14.1 Å². The largest absolute Gasteiger partial charge is 0.491 e. The van der Waals surface area contributed by atoms with Gasteiger partial charge in [0.25, 0.3) is 0 Å². The van der Waals surface area contributed by atoms with Crippen molar-refractivity contribution in [2.24, 2.45) is 5.41 Å². The minimum Gasteiger partial charge on any atom is -0.491 e. The third-order valence-electron chi connectivity index (χ3n) is 10.4. The molecule has 1 N–H and O–H groups in total. The summed E-state index contributed by atoms with van der Waals surface area (Å²) in [5.41, 5.74) is 6.27. The zero-order chi connectivity index (χ0) is 31.0. The number of aryl methyl sites for hydroxylation is 3. The van der Waals surface area contributed by atoms with Crippen LogP contribution in [0.5, 0.6) is 5.75 Å². The van der Waals surface area contributed by atoms with Crippen molar-refractivity contribution < 1.29 is 14.6 Å². The van der Waals surface area contributed by atoms with Gasteiger partial charge in [-0.2, -0.15) is 0 Å². The van der Waals surface area contributed by atoms with E-state index in [2.05, 4.69) is 123 Å². The van der Waals surface area contributed by atoms with Crippen LogP contribution in [0, 0.1) is 19.3 Å². The number of rotatable bonds is 11. The summed E-state index contributed by atoms with van der Waals surface area (Å²) in [5.74, 6) is 1.19. The molecule has 1 amide bonds. The van der Waals surface area contributed by atoms with E-state index < -0.39 is 8.24 Å². The van der Waals surface area contributed by atoms with Crippen molar-refractivity contribution in [3.05, 3.63) is 64.2 Å². The van der Waals surface area contributed by atoms with Crippen molar-refractivity contribution in [3.63, 3.8) is 0 Å². The summed E-state index contributed by atoms with van der Waals surface area (Å²) >= 11 is 0. The molecule has 0 spiro atoms. The van der Waals surface area contributed by atoms with Crippen LogP contribution in [-0.2, 0) is 16.6 Å². The number of hydrogen-bond acceptors (Lipinski definition) is 3. The number of amides is 1. The molecular formula is C36H57NO3Si. The van der Waals surface area contributed by atoms with Gasteiger partial charge >= 0.3 is 0 Å². The van der Waals surface area contributed by atoms with E-state index >= 15 is 0 Å². The maximum absolute atomic E-state index is 12.6. The summed E-state index contributed by atoms with van der Waals surface area (Å²) in [6.07, 6.45) is 3.96. The minimum absolute atomic E-state index is 0.0724. The number of aliphatic hydroxyl groups excluding tert-OH is 1. The van der Waals surface area contributed by atoms with Crippen molar-refractivity contribution in [2.45, 2.75) is 137 Å². The van der Waals surface area contributed by atoms with E-state index in [1.165, 1.54) is 22.3 Å². The second-order valence-electron chi connectivity index (χ2n) is 15.1. The second kappa shape index (κ2) is 12.2. The molecule has 2 atom stereocenters. The van der Waals surface area contributed by atoms with Crippen molar-refractivity contribution in [1.82, 2.24) is 4.57 Å². The van der Waals surface area contributed by atoms with Crippen molar-refractivity contribution in [1.29, 1.82) is 0 Å². The molecule has 0 bridgehead atoms. The van der Waals surface area contributed by atoms with E-state index in [1.54, 1.807) is 0 Å². The lowest BCUT2D eigenvalue weighted by atomic mass is 9.69. The number of nitrogens with zero attached hydrogens (tertiary/aromatic N) is 1. The molecule has 5 heteroatoms. The predicted octanol–water partition coefficient (Wildman–Crippen LogP) is 8.73. The highest BCUT2D eigenvalue weighted by Gasteiger charge is 2.52. The highest BCUT2D eigenvalue weighted by molar-refractivity contribution is 6.80. The maximum Gasteiger partial charge on any atom is 0.217 e. The van der Waals surface area contributed by atoms with Gasteiger partial charge in [-0.1, -0.05) is 98.8 Å². The molecule has 0 radical (unpaired) electrons. The molecule has 0 aromatic heterocycles. The summed E-state index contributed by atoms with van der Waals surface area (Å²) in [6.45, 7) is 27.1. The normalized spacial score (nSPS) is 17.4. The van der Waals surface area contributed by atoms with Crippen LogP contribution in [0.1, 0.15) is 109 Å². The molecular weight excluding hydrogens is 522 g/mol. The lowest BCUT2D eigenvalue weighted by Gasteiger charge is -2.54. The van der Waals surface area contributed by atoms with Gasteiger partial charge in [0.1, 0.15) is 12.4 Å². The third-order valence-corrected chi connectivity index (χ3v) is 15.9. The molecule has 41 heavy (non-hydrogen) atoms. The Morgan fingerprint density at radius 1 is 0.951 bits per heavy atom. The van der Waals surface area contributed by atoms with Crippen LogP contribution in [-0.4, -0.2) is 42.6 Å². The summed E-state index contributed by atoms with van der Waals surface area (Å²) in [6, 6.07) is 13.8. The average Bonchev–Trinajstić information content (AvgIpc) is 2.86. The molecule has 228 valence electrons. The second-order valence-corrected chi connectivity index (χ2v) is 20.2. The fourth-order valence-corrected chi connectivity index (χ4v) is 8.79. The average molecular weight is 580 g/mol. The van der Waals surface area contributed by atoms with Gasteiger partial charge in [0, 0.05) is 11.8 Å².